The Bertz CT molecular complexity index is 1160. The third-order valence-corrected chi connectivity index (χ3v) is 8.34. The third-order valence-electron chi connectivity index (χ3n) is 6.86. The van der Waals surface area contributed by atoms with Crippen LogP contribution >= 0.6 is 11.6 Å². The number of fused-ring (bicyclic) bond motifs is 1. The fourth-order valence-electron chi connectivity index (χ4n) is 4.98. The summed E-state index contributed by atoms with van der Waals surface area (Å²) >= 11 is 6.21. The van der Waals surface area contributed by atoms with Crippen LogP contribution in [0.2, 0.25) is 10.1 Å². The molecule has 1 fully saturated rings. The van der Waals surface area contributed by atoms with Gasteiger partial charge >= 0.3 is 0 Å². The average molecular weight is 511 g/mol. The summed E-state index contributed by atoms with van der Waals surface area (Å²) in [4.78, 5) is 2.40. The highest BCUT2D eigenvalue weighted by Gasteiger charge is 2.28. The van der Waals surface area contributed by atoms with Crippen molar-refractivity contribution in [1.82, 2.24) is 9.47 Å². The number of benzene rings is 2. The Hall–Kier alpha value is -1.63. The van der Waals surface area contributed by atoms with E-state index in [0.717, 1.165) is 46.5 Å². The van der Waals surface area contributed by atoms with E-state index < -0.39 is 11.7 Å². The van der Waals surface area contributed by atoms with Gasteiger partial charge in [-0.25, -0.2) is 0 Å². The van der Waals surface area contributed by atoms with E-state index in [0.29, 0.717) is 21.3 Å². The molecule has 6 heteroatoms. The van der Waals surface area contributed by atoms with Crippen molar-refractivity contribution >= 4 is 32.3 Å². The molecule has 0 spiro atoms. The number of rotatable bonds is 7. The van der Waals surface area contributed by atoms with E-state index in [2.05, 4.69) is 69.2 Å². The standard InChI is InChI=1S/C29H39ClN2O2Si/c1-20-27(26(33)19-31-16-8-7-9-17-31)24-15-10-21(29(5,6)34-35-28(2,3)4)18-25(24)32(20)23-13-11-22(30)12-14-23/h10-15,18,26,33H,7-9,16-17,19H2,1-6H3. The molecule has 1 aromatic heterocycles. The summed E-state index contributed by atoms with van der Waals surface area (Å²) in [6.07, 6.45) is 3.18. The predicted octanol–water partition coefficient (Wildman–Crippen LogP) is 7.20. The molecule has 1 aliphatic rings. The maximum atomic E-state index is 11.5. The molecule has 0 amide bonds. The summed E-state index contributed by atoms with van der Waals surface area (Å²) < 4.78 is 8.68. The smallest absolute Gasteiger partial charge is 0.236 e. The summed E-state index contributed by atoms with van der Waals surface area (Å²) in [5.74, 6) is 0. The van der Waals surface area contributed by atoms with Crippen LogP contribution in [0.1, 0.15) is 76.8 Å². The van der Waals surface area contributed by atoms with Crippen molar-refractivity contribution < 1.29 is 9.53 Å². The zero-order valence-corrected chi connectivity index (χ0v) is 23.7. The minimum Gasteiger partial charge on any atom is -0.408 e. The molecule has 2 aromatic carbocycles. The second-order valence-corrected chi connectivity index (χ2v) is 13.7. The minimum absolute atomic E-state index is 0.118. The molecule has 2 heterocycles. The second kappa shape index (κ2) is 10.4. The van der Waals surface area contributed by atoms with Gasteiger partial charge in [0.15, 0.2) is 0 Å². The van der Waals surface area contributed by atoms with Crippen LogP contribution in [-0.4, -0.2) is 44.0 Å². The number of likely N-dealkylation sites (tertiary alicyclic amines) is 1. The summed E-state index contributed by atoms with van der Waals surface area (Å²) in [5, 5.41) is 13.4. The Labute approximate surface area is 218 Å². The lowest BCUT2D eigenvalue weighted by Gasteiger charge is -2.30. The van der Waals surface area contributed by atoms with Crippen molar-refractivity contribution in [3.05, 3.63) is 64.3 Å². The lowest BCUT2D eigenvalue weighted by Crippen LogP contribution is -2.33. The first-order valence-corrected chi connectivity index (χ1v) is 14.0. The topological polar surface area (TPSA) is 37.6 Å². The van der Waals surface area contributed by atoms with E-state index in [9.17, 15) is 5.11 Å². The predicted molar refractivity (Wildman–Crippen MR) is 148 cm³/mol. The van der Waals surface area contributed by atoms with Gasteiger partial charge in [-0.3, -0.25) is 0 Å². The molecule has 1 unspecified atom stereocenters. The highest BCUT2D eigenvalue weighted by atomic mass is 35.5. The van der Waals surface area contributed by atoms with Gasteiger partial charge in [0, 0.05) is 33.9 Å². The maximum Gasteiger partial charge on any atom is 0.236 e. The van der Waals surface area contributed by atoms with E-state index in [4.69, 9.17) is 16.0 Å². The van der Waals surface area contributed by atoms with Crippen LogP contribution < -0.4 is 0 Å². The number of nitrogens with zero attached hydrogens (tertiary/aromatic N) is 2. The van der Waals surface area contributed by atoms with Gasteiger partial charge in [-0.1, -0.05) is 50.9 Å². The fourth-order valence-corrected chi connectivity index (χ4v) is 5.78. The van der Waals surface area contributed by atoms with Crippen LogP contribution in [0, 0.1) is 6.92 Å². The van der Waals surface area contributed by atoms with Gasteiger partial charge in [0.2, 0.25) is 9.76 Å². The van der Waals surface area contributed by atoms with Gasteiger partial charge in [-0.15, -0.1) is 0 Å². The molecular weight excluding hydrogens is 472 g/mol. The molecule has 4 rings (SSSR count). The Morgan fingerprint density at radius 3 is 2.29 bits per heavy atom. The molecule has 1 atom stereocenters. The van der Waals surface area contributed by atoms with Crippen molar-refractivity contribution in [3.63, 3.8) is 0 Å². The number of aromatic nitrogens is 1. The van der Waals surface area contributed by atoms with Crippen LogP contribution in [0.4, 0.5) is 0 Å². The van der Waals surface area contributed by atoms with Gasteiger partial charge in [0.1, 0.15) is 0 Å². The Morgan fingerprint density at radius 1 is 1.00 bits per heavy atom. The van der Waals surface area contributed by atoms with Gasteiger partial charge in [0.25, 0.3) is 0 Å². The van der Waals surface area contributed by atoms with E-state index >= 15 is 0 Å². The van der Waals surface area contributed by atoms with Crippen LogP contribution in [0.3, 0.4) is 0 Å². The lowest BCUT2D eigenvalue weighted by atomic mass is 9.96. The average Bonchev–Trinajstić information content (AvgIpc) is 3.10. The fraction of sp³-hybridized carbons (Fsp3) is 0.517. The summed E-state index contributed by atoms with van der Waals surface area (Å²) in [6, 6.07) is 14.5. The number of β-amino-alcohol motifs (C(OH)–C–C–N with tert-alkyl or cyclic N) is 1. The first-order valence-electron chi connectivity index (χ1n) is 12.7. The number of aliphatic hydroxyl groups excluding tert-OH is 1. The molecule has 1 N–H and O–H groups in total. The summed E-state index contributed by atoms with van der Waals surface area (Å²) in [7, 11) is 0.398. The number of aliphatic hydroxyl groups is 1. The number of piperidine rings is 1. The van der Waals surface area contributed by atoms with Crippen molar-refractivity contribution in [2.24, 2.45) is 0 Å². The first kappa shape index (κ1) is 26.4. The minimum atomic E-state index is -0.540. The van der Waals surface area contributed by atoms with E-state index in [1.807, 2.05) is 24.3 Å². The second-order valence-electron chi connectivity index (χ2n) is 11.4. The number of hydrogen-bond donors (Lipinski definition) is 1. The molecule has 0 aliphatic carbocycles. The highest BCUT2D eigenvalue weighted by molar-refractivity contribution is 6.31. The van der Waals surface area contributed by atoms with Crippen molar-refractivity contribution in [3.8, 4) is 5.69 Å². The summed E-state index contributed by atoms with van der Waals surface area (Å²) in [6.45, 7) is 15.8. The molecule has 4 nitrogen and oxygen atoms in total. The van der Waals surface area contributed by atoms with Gasteiger partial charge < -0.3 is 19.0 Å². The number of halogens is 1. The Kier molecular flexibility index (Phi) is 7.84. The number of hydrogen-bond acceptors (Lipinski definition) is 3. The molecule has 0 bridgehead atoms. The zero-order chi connectivity index (χ0) is 25.4. The molecule has 35 heavy (non-hydrogen) atoms. The molecule has 1 saturated heterocycles. The molecule has 188 valence electrons. The van der Waals surface area contributed by atoms with Gasteiger partial charge in [0.05, 0.1) is 17.2 Å². The van der Waals surface area contributed by atoms with Crippen molar-refractivity contribution in [2.45, 2.75) is 77.5 Å². The Morgan fingerprint density at radius 2 is 1.66 bits per heavy atom. The monoisotopic (exact) mass is 510 g/mol. The lowest BCUT2D eigenvalue weighted by molar-refractivity contribution is 0.102. The molecule has 3 aromatic rings. The van der Waals surface area contributed by atoms with Crippen LogP contribution in [0.25, 0.3) is 16.6 Å². The Balaban J connectivity index is 1.80. The molecule has 0 saturated carbocycles. The largest absolute Gasteiger partial charge is 0.408 e. The third kappa shape index (κ3) is 6.03. The van der Waals surface area contributed by atoms with E-state index in [1.165, 1.54) is 19.3 Å². The quantitative estimate of drug-likeness (QED) is 0.341. The van der Waals surface area contributed by atoms with Crippen molar-refractivity contribution in [2.75, 3.05) is 19.6 Å². The molecule has 2 radical (unpaired) electrons. The van der Waals surface area contributed by atoms with Crippen LogP contribution in [0.5, 0.6) is 0 Å². The van der Waals surface area contributed by atoms with Gasteiger partial charge in [-0.2, -0.15) is 0 Å². The van der Waals surface area contributed by atoms with E-state index in [1.54, 1.807) is 0 Å². The highest BCUT2D eigenvalue weighted by Crippen LogP contribution is 2.38. The maximum absolute atomic E-state index is 11.5. The van der Waals surface area contributed by atoms with Crippen LogP contribution in [-0.2, 0) is 10.0 Å². The zero-order valence-electron chi connectivity index (χ0n) is 22.0. The van der Waals surface area contributed by atoms with Gasteiger partial charge in [-0.05, 0) is 87.6 Å². The SMILES string of the molecule is Cc1c(C(O)CN2CCCCC2)c2ccc(C(C)(C)O[Si]C(C)(C)C)cc2n1-c1ccc(Cl)cc1. The normalized spacial score (nSPS) is 16.7. The first-order chi connectivity index (χ1) is 16.5. The van der Waals surface area contributed by atoms with E-state index in [-0.39, 0.29) is 5.04 Å². The van der Waals surface area contributed by atoms with Crippen LogP contribution in [0.15, 0.2) is 42.5 Å². The summed E-state index contributed by atoms with van der Waals surface area (Å²) in [5.41, 5.74) is 4.93. The molecular formula is C29H39ClN2O2Si. The molecule has 1 aliphatic heterocycles. The van der Waals surface area contributed by atoms with Crippen molar-refractivity contribution in [1.29, 1.82) is 0 Å².